The smallest absolute Gasteiger partial charge is 0.196 e. The van der Waals surface area contributed by atoms with Crippen molar-refractivity contribution >= 4 is 5.78 Å². The van der Waals surface area contributed by atoms with Crippen LogP contribution in [0.15, 0.2) is 18.2 Å². The molecule has 0 fully saturated rings. The van der Waals surface area contributed by atoms with Gasteiger partial charge in [0.15, 0.2) is 5.78 Å². The minimum Gasteiger partial charge on any atom is -0.288 e. The van der Waals surface area contributed by atoms with E-state index in [2.05, 4.69) is 5.10 Å². The fraction of sp³-hybridized carbons (Fsp3) is 0.286. The molecule has 1 aromatic heterocycles. The third-order valence-electron chi connectivity index (χ3n) is 3.17. The molecule has 0 radical (unpaired) electrons. The number of rotatable bonds is 2. The summed E-state index contributed by atoms with van der Waals surface area (Å²) in [6.45, 7) is 5.39. The maximum absolute atomic E-state index is 13.0. The standard InChI is InChI=1S/C14H15FN2O/c1-8-7-11(15)5-6-12(8)14(18)13-9(2)16-17(4)10(13)3/h5-7H,1-4H3. The van der Waals surface area contributed by atoms with Gasteiger partial charge in [0.25, 0.3) is 0 Å². The van der Waals surface area contributed by atoms with Gasteiger partial charge >= 0.3 is 0 Å². The van der Waals surface area contributed by atoms with Gasteiger partial charge in [0, 0.05) is 18.3 Å². The summed E-state index contributed by atoms with van der Waals surface area (Å²) in [5.41, 5.74) is 3.29. The molecule has 0 unspecified atom stereocenters. The number of carbonyl (C=O) groups excluding carboxylic acids is 1. The van der Waals surface area contributed by atoms with Crippen molar-refractivity contribution in [2.45, 2.75) is 20.8 Å². The zero-order chi connectivity index (χ0) is 13.4. The summed E-state index contributed by atoms with van der Waals surface area (Å²) < 4.78 is 14.7. The molecule has 0 aliphatic rings. The van der Waals surface area contributed by atoms with Crippen molar-refractivity contribution in [2.24, 2.45) is 7.05 Å². The predicted octanol–water partition coefficient (Wildman–Crippen LogP) is 2.72. The number of benzene rings is 1. The van der Waals surface area contributed by atoms with Gasteiger partial charge in [-0.25, -0.2) is 4.39 Å². The molecular weight excluding hydrogens is 231 g/mol. The maximum Gasteiger partial charge on any atom is 0.196 e. The van der Waals surface area contributed by atoms with Gasteiger partial charge in [0.1, 0.15) is 5.82 Å². The summed E-state index contributed by atoms with van der Waals surface area (Å²) in [6, 6.07) is 4.20. The Morgan fingerprint density at radius 3 is 2.44 bits per heavy atom. The van der Waals surface area contributed by atoms with E-state index in [-0.39, 0.29) is 11.6 Å². The van der Waals surface area contributed by atoms with Crippen LogP contribution in [0.25, 0.3) is 0 Å². The SMILES string of the molecule is Cc1cc(F)ccc1C(=O)c1c(C)nn(C)c1C. The van der Waals surface area contributed by atoms with E-state index in [0.29, 0.717) is 22.4 Å². The molecule has 0 atom stereocenters. The third-order valence-corrected chi connectivity index (χ3v) is 3.17. The Kier molecular flexibility index (Phi) is 3.03. The van der Waals surface area contributed by atoms with Crippen LogP contribution in [0.5, 0.6) is 0 Å². The molecule has 1 aromatic carbocycles. The summed E-state index contributed by atoms with van der Waals surface area (Å²) in [5, 5.41) is 4.23. The van der Waals surface area contributed by atoms with Gasteiger partial charge in [0.2, 0.25) is 0 Å². The van der Waals surface area contributed by atoms with E-state index in [0.717, 1.165) is 5.69 Å². The van der Waals surface area contributed by atoms with Crippen molar-refractivity contribution in [3.05, 3.63) is 52.1 Å². The van der Waals surface area contributed by atoms with E-state index < -0.39 is 0 Å². The summed E-state index contributed by atoms with van der Waals surface area (Å²) in [6.07, 6.45) is 0. The molecule has 0 aliphatic carbocycles. The molecule has 0 amide bonds. The van der Waals surface area contributed by atoms with E-state index >= 15 is 0 Å². The minimum absolute atomic E-state index is 0.101. The normalized spacial score (nSPS) is 10.7. The van der Waals surface area contributed by atoms with Gasteiger partial charge < -0.3 is 0 Å². The Bertz CT molecular complexity index is 629. The second kappa shape index (κ2) is 4.37. The highest BCUT2D eigenvalue weighted by Gasteiger charge is 2.20. The lowest BCUT2D eigenvalue weighted by molar-refractivity contribution is 0.103. The van der Waals surface area contributed by atoms with E-state index in [1.165, 1.54) is 18.2 Å². The van der Waals surface area contributed by atoms with Crippen molar-refractivity contribution in [1.82, 2.24) is 9.78 Å². The van der Waals surface area contributed by atoms with Crippen LogP contribution in [0.4, 0.5) is 4.39 Å². The topological polar surface area (TPSA) is 34.9 Å². The van der Waals surface area contributed by atoms with E-state index in [4.69, 9.17) is 0 Å². The lowest BCUT2D eigenvalue weighted by Gasteiger charge is -2.05. The number of carbonyl (C=O) groups is 1. The second-order valence-electron chi connectivity index (χ2n) is 4.46. The number of ketones is 1. The molecule has 0 saturated heterocycles. The third kappa shape index (κ3) is 1.94. The van der Waals surface area contributed by atoms with E-state index in [9.17, 15) is 9.18 Å². The number of nitrogens with zero attached hydrogens (tertiary/aromatic N) is 2. The molecule has 0 saturated carbocycles. The maximum atomic E-state index is 13.0. The van der Waals surface area contributed by atoms with Crippen LogP contribution in [-0.4, -0.2) is 15.6 Å². The fourth-order valence-electron chi connectivity index (χ4n) is 2.12. The molecule has 0 spiro atoms. The quantitative estimate of drug-likeness (QED) is 0.764. The van der Waals surface area contributed by atoms with Gasteiger partial charge in [-0.05, 0) is 44.5 Å². The number of halogens is 1. The molecule has 0 N–H and O–H groups in total. The highest BCUT2D eigenvalue weighted by Crippen LogP contribution is 2.20. The molecule has 18 heavy (non-hydrogen) atoms. The molecule has 4 heteroatoms. The van der Waals surface area contributed by atoms with Crippen LogP contribution < -0.4 is 0 Å². The van der Waals surface area contributed by atoms with Crippen molar-refractivity contribution in [3.8, 4) is 0 Å². The average molecular weight is 246 g/mol. The first-order chi connectivity index (χ1) is 8.41. The first-order valence-corrected chi connectivity index (χ1v) is 5.73. The zero-order valence-corrected chi connectivity index (χ0v) is 10.9. The predicted molar refractivity (Wildman–Crippen MR) is 67.3 cm³/mol. The Morgan fingerprint density at radius 1 is 1.28 bits per heavy atom. The summed E-state index contributed by atoms with van der Waals surface area (Å²) in [5.74, 6) is -0.431. The lowest BCUT2D eigenvalue weighted by atomic mass is 9.98. The largest absolute Gasteiger partial charge is 0.288 e. The van der Waals surface area contributed by atoms with E-state index in [1.54, 1.807) is 25.6 Å². The molecule has 0 aliphatic heterocycles. The monoisotopic (exact) mass is 246 g/mol. The average Bonchev–Trinajstić information content (AvgIpc) is 2.52. The minimum atomic E-state index is -0.330. The van der Waals surface area contributed by atoms with Crippen LogP contribution >= 0.6 is 0 Å². The molecule has 2 aromatic rings. The van der Waals surface area contributed by atoms with Crippen molar-refractivity contribution in [1.29, 1.82) is 0 Å². The highest BCUT2D eigenvalue weighted by atomic mass is 19.1. The highest BCUT2D eigenvalue weighted by molar-refractivity contribution is 6.11. The number of hydrogen-bond donors (Lipinski definition) is 0. The Balaban J connectivity index is 2.55. The first-order valence-electron chi connectivity index (χ1n) is 5.73. The van der Waals surface area contributed by atoms with Gasteiger partial charge in [-0.2, -0.15) is 5.10 Å². The van der Waals surface area contributed by atoms with E-state index in [1.807, 2.05) is 6.92 Å². The zero-order valence-electron chi connectivity index (χ0n) is 10.9. The Labute approximate surface area is 105 Å². The summed E-state index contributed by atoms with van der Waals surface area (Å²) in [4.78, 5) is 12.5. The van der Waals surface area contributed by atoms with Crippen molar-refractivity contribution in [3.63, 3.8) is 0 Å². The lowest BCUT2D eigenvalue weighted by Crippen LogP contribution is -2.07. The molecule has 0 bridgehead atoms. The van der Waals surface area contributed by atoms with Crippen LogP contribution in [0, 0.1) is 26.6 Å². The number of aromatic nitrogens is 2. The molecule has 94 valence electrons. The van der Waals surface area contributed by atoms with Crippen LogP contribution in [0.3, 0.4) is 0 Å². The van der Waals surface area contributed by atoms with Gasteiger partial charge in [-0.1, -0.05) is 0 Å². The fourth-order valence-corrected chi connectivity index (χ4v) is 2.12. The first kappa shape index (κ1) is 12.5. The van der Waals surface area contributed by atoms with Crippen molar-refractivity contribution < 1.29 is 9.18 Å². The van der Waals surface area contributed by atoms with Crippen LogP contribution in [0.1, 0.15) is 32.9 Å². The number of aryl methyl sites for hydroxylation is 3. The molecule has 2 rings (SSSR count). The molecule has 1 heterocycles. The summed E-state index contributed by atoms with van der Waals surface area (Å²) >= 11 is 0. The second-order valence-corrected chi connectivity index (χ2v) is 4.46. The van der Waals surface area contributed by atoms with Crippen molar-refractivity contribution in [2.75, 3.05) is 0 Å². The van der Waals surface area contributed by atoms with Gasteiger partial charge in [0.05, 0.1) is 11.3 Å². The molecular formula is C14H15FN2O. The number of hydrogen-bond acceptors (Lipinski definition) is 2. The van der Waals surface area contributed by atoms with Crippen LogP contribution in [-0.2, 0) is 7.05 Å². The Hall–Kier alpha value is -1.97. The van der Waals surface area contributed by atoms with Gasteiger partial charge in [-0.3, -0.25) is 9.48 Å². The molecule has 3 nitrogen and oxygen atoms in total. The summed E-state index contributed by atoms with van der Waals surface area (Å²) in [7, 11) is 1.80. The van der Waals surface area contributed by atoms with Crippen LogP contribution in [0.2, 0.25) is 0 Å². The van der Waals surface area contributed by atoms with Gasteiger partial charge in [-0.15, -0.1) is 0 Å². The Morgan fingerprint density at radius 2 is 1.94 bits per heavy atom.